The largest absolute Gasteiger partial charge is 0.486 e. The van der Waals surface area contributed by atoms with Crippen molar-refractivity contribution in [3.8, 4) is 17.2 Å². The molecule has 0 saturated heterocycles. The topological polar surface area (TPSA) is 48.0 Å². The molecule has 2 aromatic rings. The zero-order valence-corrected chi connectivity index (χ0v) is 15.5. The molecule has 4 rings (SSSR count). The van der Waals surface area contributed by atoms with Crippen molar-refractivity contribution >= 4 is 29.1 Å². The highest BCUT2D eigenvalue weighted by atomic mass is 35.5. The van der Waals surface area contributed by atoms with Crippen LogP contribution in [0, 0.1) is 0 Å². The van der Waals surface area contributed by atoms with Gasteiger partial charge in [0, 0.05) is 18.1 Å². The molecule has 0 aromatic heterocycles. The van der Waals surface area contributed by atoms with Gasteiger partial charge in [-0.3, -0.25) is 4.79 Å². The normalized spacial score (nSPS) is 15.4. The van der Waals surface area contributed by atoms with E-state index in [1.54, 1.807) is 23.1 Å². The van der Waals surface area contributed by atoms with Crippen LogP contribution in [0.25, 0.3) is 0 Å². The van der Waals surface area contributed by atoms with E-state index in [0.717, 1.165) is 23.5 Å². The molecule has 0 radical (unpaired) electrons. The van der Waals surface area contributed by atoms with Gasteiger partial charge in [0.1, 0.15) is 19.0 Å². The van der Waals surface area contributed by atoms with Crippen LogP contribution in [0.2, 0.25) is 10.0 Å². The van der Waals surface area contributed by atoms with Gasteiger partial charge in [-0.15, -0.1) is 0 Å². The minimum absolute atomic E-state index is 0.0682. The van der Waals surface area contributed by atoms with Crippen molar-refractivity contribution in [3.63, 3.8) is 0 Å². The van der Waals surface area contributed by atoms with E-state index in [9.17, 15) is 4.79 Å². The van der Waals surface area contributed by atoms with Crippen LogP contribution >= 0.6 is 23.2 Å². The van der Waals surface area contributed by atoms with Gasteiger partial charge in [-0.1, -0.05) is 23.2 Å². The number of rotatable bonds is 3. The first-order valence-corrected chi connectivity index (χ1v) is 9.13. The van der Waals surface area contributed by atoms with Crippen LogP contribution in [0.1, 0.15) is 11.1 Å². The molecular weight excluding hydrogens is 377 g/mol. The molecule has 2 heterocycles. The summed E-state index contributed by atoms with van der Waals surface area (Å²) < 4.78 is 16.8. The van der Waals surface area contributed by atoms with E-state index in [4.69, 9.17) is 37.4 Å². The minimum atomic E-state index is -0.0865. The third-order valence-corrected chi connectivity index (χ3v) is 5.00. The Balaban J connectivity index is 1.42. The second kappa shape index (κ2) is 7.25. The van der Waals surface area contributed by atoms with Crippen LogP contribution < -0.4 is 14.2 Å². The van der Waals surface area contributed by atoms with E-state index in [1.165, 1.54) is 5.56 Å². The highest BCUT2D eigenvalue weighted by molar-refractivity contribution is 6.35. The fraction of sp³-hybridized carbons (Fsp3) is 0.316. The SMILES string of the molecule is O=C(COc1ccc(Cl)cc1Cl)N1CCc2cc3c(cc2C1)OCCO3. The van der Waals surface area contributed by atoms with E-state index >= 15 is 0 Å². The maximum Gasteiger partial charge on any atom is 0.260 e. The molecule has 0 saturated carbocycles. The average molecular weight is 394 g/mol. The number of nitrogens with zero attached hydrogens (tertiary/aromatic N) is 1. The van der Waals surface area contributed by atoms with Crippen LogP contribution in [0.5, 0.6) is 17.2 Å². The van der Waals surface area contributed by atoms with Gasteiger partial charge in [-0.25, -0.2) is 0 Å². The van der Waals surface area contributed by atoms with E-state index in [-0.39, 0.29) is 12.5 Å². The molecule has 136 valence electrons. The summed E-state index contributed by atoms with van der Waals surface area (Å²) in [6.07, 6.45) is 0.777. The molecule has 0 unspecified atom stereocenters. The zero-order valence-electron chi connectivity index (χ0n) is 14.0. The summed E-state index contributed by atoms with van der Waals surface area (Å²) in [6, 6.07) is 8.92. The Hall–Kier alpha value is -2.11. The molecule has 0 atom stereocenters. The first-order valence-electron chi connectivity index (χ1n) is 8.37. The van der Waals surface area contributed by atoms with Gasteiger partial charge in [0.15, 0.2) is 18.1 Å². The van der Waals surface area contributed by atoms with E-state index in [1.807, 2.05) is 12.1 Å². The summed E-state index contributed by atoms with van der Waals surface area (Å²) in [4.78, 5) is 14.3. The number of carbonyl (C=O) groups excluding carboxylic acids is 1. The molecule has 0 aliphatic carbocycles. The average Bonchev–Trinajstić information content (AvgIpc) is 2.65. The number of fused-ring (bicyclic) bond motifs is 2. The minimum Gasteiger partial charge on any atom is -0.486 e. The number of amides is 1. The Morgan fingerprint density at radius 3 is 2.54 bits per heavy atom. The number of ether oxygens (including phenoxy) is 3. The third kappa shape index (κ3) is 3.55. The Bertz CT molecular complexity index is 856. The highest BCUT2D eigenvalue weighted by Crippen LogP contribution is 2.35. The second-order valence-corrected chi connectivity index (χ2v) is 7.04. The number of hydrogen-bond acceptors (Lipinski definition) is 4. The van der Waals surface area contributed by atoms with Gasteiger partial charge in [-0.2, -0.15) is 0 Å². The zero-order chi connectivity index (χ0) is 18.1. The summed E-state index contributed by atoms with van der Waals surface area (Å²) in [7, 11) is 0. The molecular formula is C19H17Cl2NO4. The number of benzene rings is 2. The second-order valence-electron chi connectivity index (χ2n) is 6.19. The molecule has 0 bridgehead atoms. The first-order chi connectivity index (χ1) is 12.6. The van der Waals surface area contributed by atoms with Gasteiger partial charge in [0.05, 0.1) is 5.02 Å². The molecule has 7 heteroatoms. The van der Waals surface area contributed by atoms with Gasteiger partial charge < -0.3 is 19.1 Å². The van der Waals surface area contributed by atoms with Crippen molar-refractivity contribution in [1.29, 1.82) is 0 Å². The molecule has 0 spiro atoms. The van der Waals surface area contributed by atoms with E-state index in [2.05, 4.69) is 0 Å². The molecule has 0 N–H and O–H groups in total. The molecule has 2 aromatic carbocycles. The van der Waals surface area contributed by atoms with Crippen molar-refractivity contribution < 1.29 is 19.0 Å². The van der Waals surface area contributed by atoms with Crippen LogP contribution in [-0.4, -0.2) is 37.2 Å². The van der Waals surface area contributed by atoms with Crippen molar-refractivity contribution in [1.82, 2.24) is 4.90 Å². The number of halogens is 2. The smallest absolute Gasteiger partial charge is 0.260 e. The first kappa shape index (κ1) is 17.3. The van der Waals surface area contributed by atoms with Gasteiger partial charge in [-0.05, 0) is 47.9 Å². The monoisotopic (exact) mass is 393 g/mol. The van der Waals surface area contributed by atoms with Crippen molar-refractivity contribution in [2.24, 2.45) is 0 Å². The summed E-state index contributed by atoms with van der Waals surface area (Å²) in [5, 5.41) is 0.911. The lowest BCUT2D eigenvalue weighted by atomic mass is 9.98. The lowest BCUT2D eigenvalue weighted by Crippen LogP contribution is -2.39. The molecule has 5 nitrogen and oxygen atoms in total. The Morgan fingerprint density at radius 2 is 1.81 bits per heavy atom. The molecule has 0 fully saturated rings. The van der Waals surface area contributed by atoms with Crippen molar-refractivity contribution in [2.75, 3.05) is 26.4 Å². The predicted molar refractivity (Wildman–Crippen MR) is 98.5 cm³/mol. The third-order valence-electron chi connectivity index (χ3n) is 4.47. The van der Waals surface area contributed by atoms with Gasteiger partial charge in [0.25, 0.3) is 5.91 Å². The van der Waals surface area contributed by atoms with E-state index in [0.29, 0.717) is 42.1 Å². The van der Waals surface area contributed by atoms with Crippen molar-refractivity contribution in [2.45, 2.75) is 13.0 Å². The predicted octanol–water partition coefficient (Wildman–Crippen LogP) is 3.73. The summed E-state index contributed by atoms with van der Waals surface area (Å²) in [5.41, 5.74) is 2.28. The van der Waals surface area contributed by atoms with E-state index < -0.39 is 0 Å². The molecule has 26 heavy (non-hydrogen) atoms. The maximum absolute atomic E-state index is 12.5. The fourth-order valence-corrected chi connectivity index (χ4v) is 3.59. The highest BCUT2D eigenvalue weighted by Gasteiger charge is 2.24. The molecule has 2 aliphatic rings. The Kier molecular flexibility index (Phi) is 4.83. The maximum atomic E-state index is 12.5. The molecule has 1 amide bonds. The summed E-state index contributed by atoms with van der Waals surface area (Å²) in [5.74, 6) is 1.89. The number of hydrogen-bond donors (Lipinski definition) is 0. The number of carbonyl (C=O) groups is 1. The summed E-state index contributed by atoms with van der Waals surface area (Å²) >= 11 is 11.9. The van der Waals surface area contributed by atoms with Crippen molar-refractivity contribution in [3.05, 3.63) is 51.5 Å². The quantitative estimate of drug-likeness (QED) is 0.796. The Labute approximate surface area is 161 Å². The van der Waals surface area contributed by atoms with Crippen LogP contribution in [-0.2, 0) is 17.8 Å². The Morgan fingerprint density at radius 1 is 1.08 bits per heavy atom. The standard InChI is InChI=1S/C19H17Cl2NO4/c20-14-1-2-16(15(21)9-14)26-11-19(23)22-4-3-12-7-17-18(8-13(12)10-22)25-6-5-24-17/h1-2,7-9H,3-6,10-11H2. The summed E-state index contributed by atoms with van der Waals surface area (Å²) in [6.45, 7) is 2.22. The lowest BCUT2D eigenvalue weighted by Gasteiger charge is -2.30. The van der Waals surface area contributed by atoms with Gasteiger partial charge in [0.2, 0.25) is 0 Å². The van der Waals surface area contributed by atoms with Crippen LogP contribution in [0.4, 0.5) is 0 Å². The lowest BCUT2D eigenvalue weighted by molar-refractivity contribution is -0.134. The van der Waals surface area contributed by atoms with Gasteiger partial charge >= 0.3 is 0 Å². The van der Waals surface area contributed by atoms with Crippen LogP contribution in [0.3, 0.4) is 0 Å². The van der Waals surface area contributed by atoms with Crippen LogP contribution in [0.15, 0.2) is 30.3 Å². The fourth-order valence-electron chi connectivity index (χ4n) is 3.13. The molecule has 2 aliphatic heterocycles.